The van der Waals surface area contributed by atoms with Gasteiger partial charge in [0.15, 0.2) is 0 Å². The first-order valence-electron chi connectivity index (χ1n) is 1.72. The van der Waals surface area contributed by atoms with Crippen LogP contribution in [0.4, 0.5) is 0 Å². The van der Waals surface area contributed by atoms with Crippen LogP contribution in [0, 0.1) is 10.8 Å². The van der Waals surface area contributed by atoms with E-state index in [2.05, 4.69) is 0 Å². The third-order valence-corrected chi connectivity index (χ3v) is 0.577. The fourth-order valence-corrected chi connectivity index (χ4v) is 0. The molecule has 9 heteroatoms. The Morgan fingerprint density at radius 2 is 1.09 bits per heavy atom. The monoisotopic (exact) mass is 248 g/mol. The minimum Gasteiger partial charge on any atom is -0.768 e. The van der Waals surface area contributed by atoms with E-state index >= 15 is 0 Å². The predicted molar refractivity (Wildman–Crippen MR) is 35.4 cm³/mol. The first-order chi connectivity index (χ1) is 4.54. The Kier molecular flexibility index (Phi) is 20.2. The van der Waals surface area contributed by atoms with Crippen LogP contribution >= 0.6 is 0 Å². The summed E-state index contributed by atoms with van der Waals surface area (Å²) in [5.74, 6) is 0. The van der Waals surface area contributed by atoms with E-state index in [1.807, 2.05) is 0 Å². The first kappa shape index (κ1) is 17.3. The Balaban J connectivity index is -0.000000107. The summed E-state index contributed by atoms with van der Waals surface area (Å²) in [4.78, 5) is 0. The van der Waals surface area contributed by atoms with E-state index in [0.717, 1.165) is 0 Å². The largest absolute Gasteiger partial charge is 2.00 e. The molecule has 2 atom stereocenters. The number of rotatable bonds is 2. The Labute approximate surface area is 81.1 Å². The third-order valence-electron chi connectivity index (χ3n) is 0.192. The maximum Gasteiger partial charge on any atom is 2.00 e. The van der Waals surface area contributed by atoms with Crippen molar-refractivity contribution in [1.82, 2.24) is 0 Å². The molecule has 0 rings (SSSR count). The molecule has 0 saturated heterocycles. The second-order valence-corrected chi connectivity index (χ2v) is 2.27. The van der Waals surface area contributed by atoms with Crippen molar-refractivity contribution in [3.05, 3.63) is 0 Å². The molecule has 0 aromatic carbocycles. The van der Waals surface area contributed by atoms with Crippen LogP contribution in [0.5, 0.6) is 0 Å². The molecule has 0 spiro atoms. The summed E-state index contributed by atoms with van der Waals surface area (Å²) in [5, 5.41) is 11.8. The zero-order valence-corrected chi connectivity index (χ0v) is 9.91. The molecule has 2 N–H and O–H groups in total. The van der Waals surface area contributed by atoms with E-state index in [9.17, 15) is 0 Å². The van der Waals surface area contributed by atoms with Gasteiger partial charge in [0, 0.05) is 0 Å². The summed E-state index contributed by atoms with van der Waals surface area (Å²) in [6.07, 6.45) is 0. The van der Waals surface area contributed by atoms with Crippen LogP contribution in [0.1, 0.15) is 0 Å². The van der Waals surface area contributed by atoms with Crippen molar-refractivity contribution in [3.63, 3.8) is 0 Å². The summed E-state index contributed by atoms with van der Waals surface area (Å²) in [5.41, 5.74) is 0.667. The van der Waals surface area contributed by atoms with E-state index in [4.69, 9.17) is 28.3 Å². The van der Waals surface area contributed by atoms with Crippen LogP contribution in [-0.2, 0) is 41.6 Å². The van der Waals surface area contributed by atoms with Gasteiger partial charge in [-0.05, 0) is 22.2 Å². The van der Waals surface area contributed by atoms with E-state index in [0.29, 0.717) is 11.1 Å². The van der Waals surface area contributed by atoms with Gasteiger partial charge < -0.3 is 19.9 Å². The topological polar surface area (TPSA) is 128 Å². The molecule has 0 fully saturated rings. The molecule has 60 valence electrons. The van der Waals surface area contributed by atoms with Gasteiger partial charge in [-0.1, -0.05) is 0 Å². The van der Waals surface area contributed by atoms with Crippen LogP contribution in [0.15, 0.2) is 0 Å². The SMILES string of the molecule is N=CS(=O)[O-].N=CS(=O)[O-].[Zn+2]. The molecule has 0 aromatic heterocycles. The van der Waals surface area contributed by atoms with Crippen molar-refractivity contribution < 1.29 is 37.0 Å². The molecular formula is C2H4N2O4S2Zn. The molecule has 0 saturated carbocycles. The molecule has 0 aromatic rings. The number of hydrogen-bond acceptors (Lipinski definition) is 6. The fourth-order valence-electron chi connectivity index (χ4n) is 0. The first-order valence-corrected chi connectivity index (χ1v) is 3.99. The molecule has 0 amide bonds. The van der Waals surface area contributed by atoms with Crippen molar-refractivity contribution in [2.75, 3.05) is 0 Å². The van der Waals surface area contributed by atoms with E-state index < -0.39 is 22.2 Å². The van der Waals surface area contributed by atoms with Crippen molar-refractivity contribution in [1.29, 1.82) is 10.8 Å². The number of nitrogens with one attached hydrogen (secondary N) is 2. The summed E-state index contributed by atoms with van der Waals surface area (Å²) >= 11 is -4.56. The molecule has 2 unspecified atom stereocenters. The number of hydrogen-bond donors (Lipinski definition) is 2. The Bertz CT molecular complexity index is 144. The van der Waals surface area contributed by atoms with Crippen molar-refractivity contribution in [2.24, 2.45) is 0 Å². The molecule has 0 bridgehead atoms. The Hall–Kier alpha value is 0.183. The predicted octanol–water partition coefficient (Wildman–Crippen LogP) is -1.06. The van der Waals surface area contributed by atoms with Gasteiger partial charge in [-0.15, -0.1) is 0 Å². The molecule has 0 aliphatic carbocycles. The fraction of sp³-hybridized carbons (Fsp3) is 0. The van der Waals surface area contributed by atoms with E-state index in [1.54, 1.807) is 0 Å². The van der Waals surface area contributed by atoms with E-state index in [-0.39, 0.29) is 19.5 Å². The minimum atomic E-state index is -2.28. The Morgan fingerprint density at radius 3 is 1.09 bits per heavy atom. The quantitative estimate of drug-likeness (QED) is 0.280. The molecule has 6 nitrogen and oxygen atoms in total. The standard InChI is InChI=1S/2CH3NO2S.Zn/c2*2-1-5(3)4;/h2*1-2H,(H,3,4);/q;;+2/p-2. The second kappa shape index (κ2) is 12.8. The summed E-state index contributed by atoms with van der Waals surface area (Å²) < 4.78 is 36.5. The summed E-state index contributed by atoms with van der Waals surface area (Å²) in [6, 6.07) is 0. The average Bonchev–Trinajstić information content (AvgIpc) is 1.89. The molecule has 0 heterocycles. The molecule has 0 aliphatic heterocycles. The maximum atomic E-state index is 9.12. The van der Waals surface area contributed by atoms with E-state index in [1.165, 1.54) is 0 Å². The van der Waals surface area contributed by atoms with Crippen LogP contribution in [0.25, 0.3) is 0 Å². The maximum absolute atomic E-state index is 9.12. The van der Waals surface area contributed by atoms with Gasteiger partial charge in [-0.25, -0.2) is 0 Å². The third kappa shape index (κ3) is 39.0. The van der Waals surface area contributed by atoms with Gasteiger partial charge in [0.05, 0.1) is 11.1 Å². The minimum absolute atomic E-state index is 0. The van der Waals surface area contributed by atoms with Crippen molar-refractivity contribution >= 4 is 33.3 Å². The van der Waals surface area contributed by atoms with Crippen LogP contribution < -0.4 is 0 Å². The van der Waals surface area contributed by atoms with Gasteiger partial charge >= 0.3 is 19.5 Å². The Morgan fingerprint density at radius 1 is 1.00 bits per heavy atom. The molecule has 0 radical (unpaired) electrons. The second-order valence-electron chi connectivity index (χ2n) is 0.757. The van der Waals surface area contributed by atoms with Crippen molar-refractivity contribution in [2.45, 2.75) is 0 Å². The average molecular weight is 250 g/mol. The van der Waals surface area contributed by atoms with Gasteiger partial charge in [0.1, 0.15) is 0 Å². The van der Waals surface area contributed by atoms with Gasteiger partial charge in [-0.3, -0.25) is 8.42 Å². The zero-order chi connectivity index (χ0) is 8.57. The molecule has 0 aliphatic rings. The van der Waals surface area contributed by atoms with Crippen molar-refractivity contribution in [3.8, 4) is 0 Å². The zero-order valence-electron chi connectivity index (χ0n) is 5.31. The van der Waals surface area contributed by atoms with Gasteiger partial charge in [0.25, 0.3) is 0 Å². The van der Waals surface area contributed by atoms with Gasteiger partial charge in [0.2, 0.25) is 0 Å². The van der Waals surface area contributed by atoms with Gasteiger partial charge in [-0.2, -0.15) is 0 Å². The summed E-state index contributed by atoms with van der Waals surface area (Å²) in [6.45, 7) is 0. The smallest absolute Gasteiger partial charge is 0.768 e. The normalized spacial score (nSPS) is 12.5. The van der Waals surface area contributed by atoms with Crippen LogP contribution in [0.3, 0.4) is 0 Å². The molecular weight excluding hydrogens is 246 g/mol. The summed E-state index contributed by atoms with van der Waals surface area (Å²) in [7, 11) is 0. The van der Waals surface area contributed by atoms with Crippen LogP contribution in [0.2, 0.25) is 0 Å². The molecule has 11 heavy (non-hydrogen) atoms. The van der Waals surface area contributed by atoms with Crippen LogP contribution in [-0.4, -0.2) is 28.6 Å².